The van der Waals surface area contributed by atoms with Crippen LogP contribution in [0, 0.1) is 6.92 Å². The minimum atomic E-state index is -0.112. The van der Waals surface area contributed by atoms with Crippen molar-refractivity contribution in [1.82, 2.24) is 0 Å². The van der Waals surface area contributed by atoms with Crippen molar-refractivity contribution in [3.8, 4) is 0 Å². The highest BCUT2D eigenvalue weighted by Crippen LogP contribution is 2.35. The van der Waals surface area contributed by atoms with Crippen LogP contribution in [-0.2, 0) is 9.59 Å². The number of carbonyl (C=O) groups is 2. The molecule has 0 atom stereocenters. The zero-order valence-electron chi connectivity index (χ0n) is 10.4. The first kappa shape index (κ1) is 11.2. The van der Waals surface area contributed by atoms with Crippen molar-refractivity contribution in [3.63, 3.8) is 0 Å². The van der Waals surface area contributed by atoms with E-state index in [9.17, 15) is 9.59 Å². The second kappa shape index (κ2) is 4.09. The van der Waals surface area contributed by atoms with E-state index < -0.39 is 0 Å². The summed E-state index contributed by atoms with van der Waals surface area (Å²) in [4.78, 5) is 25.9. The standard InChI is InChI=1S/C15H15NO2/c1-10-6-8-11(9-7-10)16-14(17)12-4-2-3-5-13(12)15(16)18/h6-9H,2-5H2,1H3. The van der Waals surface area contributed by atoms with Gasteiger partial charge in [0.15, 0.2) is 0 Å². The molecule has 2 aliphatic rings. The third-order valence-electron chi connectivity index (χ3n) is 3.68. The smallest absolute Gasteiger partial charge is 0.261 e. The molecule has 1 aliphatic heterocycles. The van der Waals surface area contributed by atoms with Gasteiger partial charge in [0.2, 0.25) is 0 Å². The first-order valence-electron chi connectivity index (χ1n) is 6.36. The maximum Gasteiger partial charge on any atom is 0.261 e. The summed E-state index contributed by atoms with van der Waals surface area (Å²) in [5.74, 6) is -0.225. The lowest BCUT2D eigenvalue weighted by Crippen LogP contribution is -2.31. The number of anilines is 1. The molecule has 0 saturated carbocycles. The summed E-state index contributed by atoms with van der Waals surface area (Å²) in [6.07, 6.45) is 3.53. The first-order valence-corrected chi connectivity index (χ1v) is 6.36. The van der Waals surface area contributed by atoms with Gasteiger partial charge in [-0.15, -0.1) is 0 Å². The summed E-state index contributed by atoms with van der Waals surface area (Å²) in [6, 6.07) is 7.52. The fourth-order valence-corrected chi connectivity index (χ4v) is 2.67. The highest BCUT2D eigenvalue weighted by Gasteiger charge is 2.39. The fourth-order valence-electron chi connectivity index (χ4n) is 2.67. The lowest BCUT2D eigenvalue weighted by atomic mass is 9.93. The molecule has 0 bridgehead atoms. The molecule has 18 heavy (non-hydrogen) atoms. The van der Waals surface area contributed by atoms with Gasteiger partial charge in [-0.3, -0.25) is 9.59 Å². The predicted octanol–water partition coefficient (Wildman–Crippen LogP) is 2.74. The van der Waals surface area contributed by atoms with E-state index >= 15 is 0 Å². The molecule has 3 rings (SSSR count). The van der Waals surface area contributed by atoms with Crippen LogP contribution < -0.4 is 4.90 Å². The minimum absolute atomic E-state index is 0.112. The minimum Gasteiger partial charge on any atom is -0.269 e. The van der Waals surface area contributed by atoms with Crippen LogP contribution >= 0.6 is 0 Å². The molecule has 0 saturated heterocycles. The molecule has 3 nitrogen and oxygen atoms in total. The van der Waals surface area contributed by atoms with Crippen LogP contribution in [0.25, 0.3) is 0 Å². The van der Waals surface area contributed by atoms with E-state index in [2.05, 4.69) is 0 Å². The molecule has 3 heteroatoms. The lowest BCUT2D eigenvalue weighted by molar-refractivity contribution is -0.120. The number of hydrogen-bond donors (Lipinski definition) is 0. The van der Waals surface area contributed by atoms with Crippen LogP contribution in [0.3, 0.4) is 0 Å². The number of rotatable bonds is 1. The van der Waals surface area contributed by atoms with Gasteiger partial charge in [0.25, 0.3) is 11.8 Å². The molecule has 1 aromatic rings. The molecular formula is C15H15NO2. The van der Waals surface area contributed by atoms with E-state index in [-0.39, 0.29) is 11.8 Å². The van der Waals surface area contributed by atoms with Gasteiger partial charge < -0.3 is 0 Å². The molecule has 0 aromatic heterocycles. The fraction of sp³-hybridized carbons (Fsp3) is 0.333. The SMILES string of the molecule is Cc1ccc(N2C(=O)C3=C(CCCC3)C2=O)cc1. The Hall–Kier alpha value is -1.90. The van der Waals surface area contributed by atoms with Gasteiger partial charge in [-0.05, 0) is 44.7 Å². The van der Waals surface area contributed by atoms with Crippen LogP contribution in [0.1, 0.15) is 31.2 Å². The number of hydrogen-bond acceptors (Lipinski definition) is 2. The molecule has 2 amide bonds. The molecule has 0 radical (unpaired) electrons. The number of aryl methyl sites for hydroxylation is 1. The van der Waals surface area contributed by atoms with Crippen LogP contribution in [0.5, 0.6) is 0 Å². The van der Waals surface area contributed by atoms with Crippen molar-refractivity contribution >= 4 is 17.5 Å². The quantitative estimate of drug-likeness (QED) is 0.709. The van der Waals surface area contributed by atoms with Gasteiger partial charge >= 0.3 is 0 Å². The molecule has 0 spiro atoms. The van der Waals surface area contributed by atoms with E-state index in [1.807, 2.05) is 31.2 Å². The maximum atomic E-state index is 12.3. The second-order valence-corrected chi connectivity index (χ2v) is 4.95. The maximum absolute atomic E-state index is 12.3. The Morgan fingerprint density at radius 2 is 1.39 bits per heavy atom. The Morgan fingerprint density at radius 3 is 1.89 bits per heavy atom. The summed E-state index contributed by atoms with van der Waals surface area (Å²) in [5, 5.41) is 0. The Kier molecular flexibility index (Phi) is 2.54. The largest absolute Gasteiger partial charge is 0.269 e. The normalized spacial score (nSPS) is 19.5. The number of benzene rings is 1. The summed E-state index contributed by atoms with van der Waals surface area (Å²) >= 11 is 0. The molecule has 1 heterocycles. The Balaban J connectivity index is 1.99. The molecule has 0 unspecified atom stereocenters. The van der Waals surface area contributed by atoms with E-state index in [0.29, 0.717) is 5.69 Å². The third kappa shape index (κ3) is 1.58. The lowest BCUT2D eigenvalue weighted by Gasteiger charge is -2.15. The third-order valence-corrected chi connectivity index (χ3v) is 3.68. The molecule has 0 fully saturated rings. The Morgan fingerprint density at radius 1 is 0.889 bits per heavy atom. The van der Waals surface area contributed by atoms with Crippen molar-refractivity contribution in [1.29, 1.82) is 0 Å². The van der Waals surface area contributed by atoms with E-state index in [1.54, 1.807) is 0 Å². The van der Waals surface area contributed by atoms with Gasteiger partial charge in [0.1, 0.15) is 0 Å². The average molecular weight is 241 g/mol. The van der Waals surface area contributed by atoms with Crippen LogP contribution in [0.4, 0.5) is 5.69 Å². The number of imide groups is 1. The van der Waals surface area contributed by atoms with Crippen molar-refractivity contribution in [2.45, 2.75) is 32.6 Å². The Bertz CT molecular complexity index is 526. The summed E-state index contributed by atoms with van der Waals surface area (Å²) < 4.78 is 0. The van der Waals surface area contributed by atoms with Crippen LogP contribution in [0.2, 0.25) is 0 Å². The van der Waals surface area contributed by atoms with Crippen LogP contribution in [0.15, 0.2) is 35.4 Å². The Labute approximate surface area is 106 Å². The molecular weight excluding hydrogens is 226 g/mol. The topological polar surface area (TPSA) is 37.4 Å². The number of carbonyl (C=O) groups excluding carboxylic acids is 2. The molecule has 1 aromatic carbocycles. The van der Waals surface area contributed by atoms with Gasteiger partial charge in [0.05, 0.1) is 5.69 Å². The summed E-state index contributed by atoms with van der Waals surface area (Å²) in [5.41, 5.74) is 3.29. The van der Waals surface area contributed by atoms with Gasteiger partial charge in [-0.2, -0.15) is 0 Å². The van der Waals surface area contributed by atoms with Crippen molar-refractivity contribution < 1.29 is 9.59 Å². The van der Waals surface area contributed by atoms with Gasteiger partial charge in [-0.1, -0.05) is 17.7 Å². The van der Waals surface area contributed by atoms with E-state index in [0.717, 1.165) is 42.4 Å². The van der Waals surface area contributed by atoms with Gasteiger partial charge in [-0.25, -0.2) is 4.90 Å². The summed E-state index contributed by atoms with van der Waals surface area (Å²) in [7, 11) is 0. The van der Waals surface area contributed by atoms with E-state index in [4.69, 9.17) is 0 Å². The summed E-state index contributed by atoms with van der Waals surface area (Å²) in [6.45, 7) is 1.99. The van der Waals surface area contributed by atoms with Crippen LogP contribution in [-0.4, -0.2) is 11.8 Å². The monoisotopic (exact) mass is 241 g/mol. The van der Waals surface area contributed by atoms with Gasteiger partial charge in [0, 0.05) is 11.1 Å². The van der Waals surface area contributed by atoms with Crippen molar-refractivity contribution in [2.24, 2.45) is 0 Å². The van der Waals surface area contributed by atoms with Crippen molar-refractivity contribution in [3.05, 3.63) is 41.0 Å². The zero-order valence-corrected chi connectivity index (χ0v) is 10.4. The highest BCUT2D eigenvalue weighted by molar-refractivity contribution is 6.33. The molecule has 92 valence electrons. The highest BCUT2D eigenvalue weighted by atomic mass is 16.2. The van der Waals surface area contributed by atoms with Crippen molar-refractivity contribution in [2.75, 3.05) is 4.90 Å². The predicted molar refractivity (Wildman–Crippen MR) is 69.2 cm³/mol. The average Bonchev–Trinajstić information content (AvgIpc) is 2.64. The number of amides is 2. The molecule has 1 aliphatic carbocycles. The number of nitrogens with zero attached hydrogens (tertiary/aromatic N) is 1. The second-order valence-electron chi connectivity index (χ2n) is 4.95. The molecule has 0 N–H and O–H groups in total. The first-order chi connectivity index (χ1) is 8.68. The zero-order chi connectivity index (χ0) is 12.7. The van der Waals surface area contributed by atoms with E-state index in [1.165, 1.54) is 4.90 Å².